The van der Waals surface area contributed by atoms with Gasteiger partial charge in [0.1, 0.15) is 11.5 Å². The highest BCUT2D eigenvalue weighted by Crippen LogP contribution is 2.46. The Morgan fingerprint density at radius 1 is 1.05 bits per heavy atom. The first-order valence-corrected chi connectivity index (χ1v) is 7.03. The van der Waals surface area contributed by atoms with E-state index in [2.05, 4.69) is 0 Å². The van der Waals surface area contributed by atoms with Crippen molar-refractivity contribution in [2.24, 2.45) is 0 Å². The van der Waals surface area contributed by atoms with E-state index < -0.39 is 0 Å². The molecule has 0 saturated carbocycles. The molecule has 0 unspecified atom stereocenters. The second kappa shape index (κ2) is 4.94. The Hall–Kier alpha value is -2.69. The summed E-state index contributed by atoms with van der Waals surface area (Å²) in [7, 11) is 1.63. The summed E-state index contributed by atoms with van der Waals surface area (Å²) < 4.78 is 21.3. The highest BCUT2D eigenvalue weighted by Gasteiger charge is 2.31. The molecule has 0 N–H and O–H groups in total. The Labute approximate surface area is 127 Å². The minimum Gasteiger partial charge on any atom is -0.497 e. The van der Waals surface area contributed by atoms with E-state index in [9.17, 15) is 4.79 Å². The smallest absolute Gasteiger partial charge is 0.312 e. The fourth-order valence-electron chi connectivity index (χ4n) is 2.87. The highest BCUT2D eigenvalue weighted by molar-refractivity contribution is 5.78. The zero-order valence-electron chi connectivity index (χ0n) is 12.0. The monoisotopic (exact) mass is 298 g/mol. The number of carbonyl (C=O) groups is 1. The largest absolute Gasteiger partial charge is 0.497 e. The molecule has 2 heterocycles. The number of ether oxygens (including phenoxy) is 4. The van der Waals surface area contributed by atoms with E-state index >= 15 is 0 Å². The molecule has 2 aromatic rings. The van der Waals surface area contributed by atoms with Crippen LogP contribution in [0.4, 0.5) is 0 Å². The van der Waals surface area contributed by atoms with E-state index in [1.807, 2.05) is 30.3 Å². The number of rotatable bonds is 2. The summed E-state index contributed by atoms with van der Waals surface area (Å²) in [6.07, 6.45) is 0.305. The quantitative estimate of drug-likeness (QED) is 0.630. The standard InChI is InChI=1S/C17H14O5/c1-19-11-4-2-10(3-5-11)12-7-17(18)22-14-8-16-15(6-13(12)14)20-9-21-16/h2-6,8,12H,7,9H2,1H3/t12-/m0/s1. The van der Waals surface area contributed by atoms with Gasteiger partial charge >= 0.3 is 5.97 Å². The summed E-state index contributed by atoms with van der Waals surface area (Å²) in [5, 5.41) is 0. The second-order valence-electron chi connectivity index (χ2n) is 5.25. The van der Waals surface area contributed by atoms with Gasteiger partial charge in [-0.1, -0.05) is 12.1 Å². The van der Waals surface area contributed by atoms with Crippen molar-refractivity contribution < 1.29 is 23.7 Å². The van der Waals surface area contributed by atoms with Crippen LogP contribution in [0.25, 0.3) is 0 Å². The lowest BCUT2D eigenvalue weighted by atomic mass is 9.86. The molecule has 2 aliphatic heterocycles. The van der Waals surface area contributed by atoms with Crippen LogP contribution in [-0.2, 0) is 4.79 Å². The third-order valence-electron chi connectivity index (χ3n) is 3.99. The van der Waals surface area contributed by atoms with Gasteiger partial charge in [0.05, 0.1) is 13.5 Å². The van der Waals surface area contributed by atoms with Crippen molar-refractivity contribution in [2.45, 2.75) is 12.3 Å². The maximum atomic E-state index is 11.9. The lowest BCUT2D eigenvalue weighted by molar-refractivity contribution is -0.135. The molecule has 2 aromatic carbocycles. The summed E-state index contributed by atoms with van der Waals surface area (Å²) >= 11 is 0. The Bertz CT molecular complexity index is 735. The molecule has 0 saturated heterocycles. The molecular weight excluding hydrogens is 284 g/mol. The Morgan fingerprint density at radius 3 is 2.50 bits per heavy atom. The van der Waals surface area contributed by atoms with Gasteiger partial charge in [-0.2, -0.15) is 0 Å². The van der Waals surface area contributed by atoms with E-state index in [1.54, 1.807) is 13.2 Å². The van der Waals surface area contributed by atoms with Gasteiger partial charge in [0, 0.05) is 17.5 Å². The van der Waals surface area contributed by atoms with Gasteiger partial charge in [0.15, 0.2) is 11.5 Å². The van der Waals surface area contributed by atoms with Crippen LogP contribution in [0.2, 0.25) is 0 Å². The first-order valence-electron chi connectivity index (χ1n) is 7.03. The Morgan fingerprint density at radius 2 is 1.77 bits per heavy atom. The van der Waals surface area contributed by atoms with Crippen LogP contribution in [0, 0.1) is 0 Å². The van der Waals surface area contributed by atoms with E-state index in [4.69, 9.17) is 18.9 Å². The molecule has 22 heavy (non-hydrogen) atoms. The predicted molar refractivity (Wildman–Crippen MR) is 77.7 cm³/mol. The van der Waals surface area contributed by atoms with Crippen molar-refractivity contribution in [1.29, 1.82) is 0 Å². The van der Waals surface area contributed by atoms with Crippen molar-refractivity contribution in [3.8, 4) is 23.0 Å². The van der Waals surface area contributed by atoms with E-state index in [0.29, 0.717) is 23.7 Å². The van der Waals surface area contributed by atoms with Gasteiger partial charge in [-0.25, -0.2) is 0 Å². The van der Waals surface area contributed by atoms with Crippen LogP contribution in [0.3, 0.4) is 0 Å². The fraction of sp³-hybridized carbons (Fsp3) is 0.235. The van der Waals surface area contributed by atoms with Gasteiger partial charge in [-0.05, 0) is 23.8 Å². The van der Waals surface area contributed by atoms with Crippen LogP contribution in [-0.4, -0.2) is 19.9 Å². The van der Waals surface area contributed by atoms with Gasteiger partial charge in [0.25, 0.3) is 0 Å². The molecule has 0 bridgehead atoms. The van der Waals surface area contributed by atoms with Gasteiger partial charge < -0.3 is 18.9 Å². The molecule has 112 valence electrons. The average Bonchev–Trinajstić information content (AvgIpc) is 2.99. The molecule has 0 spiro atoms. The number of benzene rings is 2. The van der Waals surface area contributed by atoms with Gasteiger partial charge in [-0.3, -0.25) is 4.79 Å². The van der Waals surface area contributed by atoms with Crippen LogP contribution in [0.15, 0.2) is 36.4 Å². The van der Waals surface area contributed by atoms with Crippen molar-refractivity contribution in [3.05, 3.63) is 47.5 Å². The summed E-state index contributed by atoms with van der Waals surface area (Å²) in [6, 6.07) is 11.3. The number of carbonyl (C=O) groups excluding carboxylic acids is 1. The number of esters is 1. The first-order chi connectivity index (χ1) is 10.7. The van der Waals surface area contributed by atoms with E-state index in [1.165, 1.54) is 0 Å². The molecule has 5 heteroatoms. The lowest BCUT2D eigenvalue weighted by Gasteiger charge is -2.25. The number of methoxy groups -OCH3 is 1. The predicted octanol–water partition coefficient (Wildman–Crippen LogP) is 2.86. The van der Waals surface area contributed by atoms with Crippen molar-refractivity contribution in [2.75, 3.05) is 13.9 Å². The third kappa shape index (κ3) is 2.06. The number of hydrogen-bond acceptors (Lipinski definition) is 5. The molecule has 0 amide bonds. The minimum atomic E-state index is -0.243. The number of hydrogen-bond donors (Lipinski definition) is 0. The molecule has 0 aromatic heterocycles. The molecule has 0 fully saturated rings. The number of fused-ring (bicyclic) bond motifs is 2. The molecule has 4 rings (SSSR count). The summed E-state index contributed by atoms with van der Waals surface area (Å²) in [5.74, 6) is 2.33. The first kappa shape index (κ1) is 13.0. The van der Waals surface area contributed by atoms with Crippen molar-refractivity contribution in [3.63, 3.8) is 0 Å². The summed E-state index contributed by atoms with van der Waals surface area (Å²) in [6.45, 7) is 0.194. The lowest BCUT2D eigenvalue weighted by Crippen LogP contribution is -2.20. The van der Waals surface area contributed by atoms with Crippen molar-refractivity contribution in [1.82, 2.24) is 0 Å². The molecule has 0 radical (unpaired) electrons. The maximum Gasteiger partial charge on any atom is 0.312 e. The fourth-order valence-corrected chi connectivity index (χ4v) is 2.87. The Kier molecular flexibility index (Phi) is 2.92. The van der Waals surface area contributed by atoms with Crippen LogP contribution >= 0.6 is 0 Å². The molecule has 0 aliphatic carbocycles. The highest BCUT2D eigenvalue weighted by atomic mass is 16.7. The summed E-state index contributed by atoms with van der Waals surface area (Å²) in [4.78, 5) is 11.9. The normalized spacial score (nSPS) is 18.6. The van der Waals surface area contributed by atoms with Crippen LogP contribution < -0.4 is 18.9 Å². The zero-order chi connectivity index (χ0) is 15.1. The second-order valence-corrected chi connectivity index (χ2v) is 5.25. The summed E-state index contributed by atoms with van der Waals surface area (Å²) in [5.41, 5.74) is 1.98. The topological polar surface area (TPSA) is 54.0 Å². The maximum absolute atomic E-state index is 11.9. The minimum absolute atomic E-state index is 0.0587. The average molecular weight is 298 g/mol. The van der Waals surface area contributed by atoms with E-state index in [0.717, 1.165) is 16.9 Å². The van der Waals surface area contributed by atoms with Crippen molar-refractivity contribution >= 4 is 5.97 Å². The zero-order valence-corrected chi connectivity index (χ0v) is 12.0. The van der Waals surface area contributed by atoms with Gasteiger partial charge in [0.2, 0.25) is 6.79 Å². The van der Waals surface area contributed by atoms with Crippen LogP contribution in [0.5, 0.6) is 23.0 Å². The molecule has 5 nitrogen and oxygen atoms in total. The van der Waals surface area contributed by atoms with Gasteiger partial charge in [-0.15, -0.1) is 0 Å². The molecule has 1 atom stereocenters. The van der Waals surface area contributed by atoms with E-state index in [-0.39, 0.29) is 18.7 Å². The SMILES string of the molecule is COc1ccc([C@@H]2CC(=O)Oc3cc4c(cc32)OCO4)cc1. The molecule has 2 aliphatic rings. The van der Waals surface area contributed by atoms with Crippen LogP contribution in [0.1, 0.15) is 23.5 Å². The third-order valence-corrected chi connectivity index (χ3v) is 3.99. The Balaban J connectivity index is 1.79. The molecular formula is C17H14O5.